The van der Waals surface area contributed by atoms with Gasteiger partial charge in [0.2, 0.25) is 0 Å². The zero-order valence-electron chi connectivity index (χ0n) is 13.9. The third-order valence-electron chi connectivity index (χ3n) is 5.52. The minimum absolute atomic E-state index is 0.0661. The molecule has 2 aromatic carbocycles. The monoisotopic (exact) mass is 333 g/mol. The molecule has 0 aromatic heterocycles. The minimum atomic E-state index is -0.233. The van der Waals surface area contributed by atoms with Crippen LogP contribution in [-0.2, 0) is 11.2 Å². The quantitative estimate of drug-likeness (QED) is 0.750. The lowest BCUT2D eigenvalue weighted by Crippen LogP contribution is -2.37. The van der Waals surface area contributed by atoms with Crippen molar-refractivity contribution in [3.63, 3.8) is 0 Å². The molecule has 0 spiro atoms. The lowest BCUT2D eigenvalue weighted by Gasteiger charge is -2.17. The summed E-state index contributed by atoms with van der Waals surface area (Å²) in [4.78, 5) is 27.8. The molecule has 0 bridgehead atoms. The van der Waals surface area contributed by atoms with Gasteiger partial charge in [0.05, 0.1) is 6.67 Å². The molecule has 1 unspecified atom stereocenters. The molecule has 2 heterocycles. The van der Waals surface area contributed by atoms with E-state index < -0.39 is 0 Å². The van der Waals surface area contributed by atoms with E-state index in [-0.39, 0.29) is 24.6 Å². The molecule has 2 aromatic rings. The predicted octanol–water partition coefficient (Wildman–Crippen LogP) is 3.05. The number of rotatable bonds is 3. The number of urea groups is 1. The first kappa shape index (κ1) is 14.5. The van der Waals surface area contributed by atoms with Crippen molar-refractivity contribution in [1.29, 1.82) is 0 Å². The summed E-state index contributed by atoms with van der Waals surface area (Å²) >= 11 is 0. The number of nitrogens with zero attached hydrogens (tertiary/aromatic N) is 2. The molecule has 5 nitrogen and oxygen atoms in total. The van der Waals surface area contributed by atoms with Gasteiger partial charge in [0.1, 0.15) is 6.04 Å². The van der Waals surface area contributed by atoms with Crippen LogP contribution in [-0.4, -0.2) is 41.0 Å². The van der Waals surface area contributed by atoms with Crippen LogP contribution in [0.5, 0.6) is 0 Å². The van der Waals surface area contributed by atoms with E-state index in [9.17, 15) is 9.59 Å². The van der Waals surface area contributed by atoms with Gasteiger partial charge >= 0.3 is 6.03 Å². The summed E-state index contributed by atoms with van der Waals surface area (Å²) in [5.41, 5.74) is 6.15. The second-order valence-corrected chi connectivity index (χ2v) is 6.94. The molecule has 1 atom stereocenters. The van der Waals surface area contributed by atoms with Crippen LogP contribution in [0.4, 0.5) is 10.5 Å². The Balaban J connectivity index is 1.32. The Morgan fingerprint density at radius 3 is 2.76 bits per heavy atom. The number of carbonyl (C=O) groups excluding carboxylic acids is 2. The summed E-state index contributed by atoms with van der Waals surface area (Å²) in [5, 5.41) is 3.25. The molecule has 0 saturated carbocycles. The molecular formula is C20H19N3O2. The van der Waals surface area contributed by atoms with Crippen molar-refractivity contribution >= 4 is 17.6 Å². The SMILES string of the molecule is O=C1C2CCCN2C(=O)N1CNc1ccc2c(c1)Cc1ccccc1-2. The third-order valence-corrected chi connectivity index (χ3v) is 5.52. The van der Waals surface area contributed by atoms with E-state index in [0.29, 0.717) is 6.54 Å². The number of benzene rings is 2. The molecule has 2 aliphatic heterocycles. The van der Waals surface area contributed by atoms with E-state index in [0.717, 1.165) is 24.9 Å². The predicted molar refractivity (Wildman–Crippen MR) is 95.1 cm³/mol. The highest BCUT2D eigenvalue weighted by molar-refractivity contribution is 6.04. The van der Waals surface area contributed by atoms with Gasteiger partial charge in [-0.2, -0.15) is 0 Å². The van der Waals surface area contributed by atoms with Crippen molar-refractivity contribution in [2.24, 2.45) is 0 Å². The van der Waals surface area contributed by atoms with Crippen molar-refractivity contribution in [2.75, 3.05) is 18.5 Å². The smallest absolute Gasteiger partial charge is 0.328 e. The summed E-state index contributed by atoms with van der Waals surface area (Å²) in [6.07, 6.45) is 2.64. The number of amides is 3. The number of fused-ring (bicyclic) bond motifs is 4. The van der Waals surface area contributed by atoms with Crippen LogP contribution in [0.2, 0.25) is 0 Å². The highest BCUT2D eigenvalue weighted by Crippen LogP contribution is 2.37. The number of nitrogens with one attached hydrogen (secondary N) is 1. The first-order valence-electron chi connectivity index (χ1n) is 8.79. The molecule has 3 amide bonds. The molecule has 5 heteroatoms. The van der Waals surface area contributed by atoms with E-state index in [1.54, 1.807) is 4.90 Å². The van der Waals surface area contributed by atoms with Crippen LogP contribution in [0.25, 0.3) is 11.1 Å². The molecule has 2 saturated heterocycles. The maximum Gasteiger partial charge on any atom is 0.328 e. The molecule has 25 heavy (non-hydrogen) atoms. The fourth-order valence-corrected chi connectivity index (χ4v) is 4.25. The molecule has 126 valence electrons. The Morgan fingerprint density at radius 1 is 1.04 bits per heavy atom. The van der Waals surface area contributed by atoms with Gasteiger partial charge in [-0.15, -0.1) is 0 Å². The van der Waals surface area contributed by atoms with Crippen LogP contribution in [0.1, 0.15) is 24.0 Å². The molecule has 2 fully saturated rings. The van der Waals surface area contributed by atoms with Crippen LogP contribution in [0.15, 0.2) is 42.5 Å². The number of imide groups is 1. The summed E-state index contributed by atoms with van der Waals surface area (Å²) in [6.45, 7) is 0.930. The van der Waals surface area contributed by atoms with Gasteiger partial charge in [0, 0.05) is 12.2 Å². The Bertz CT molecular complexity index is 870. The van der Waals surface area contributed by atoms with Gasteiger partial charge in [-0.05, 0) is 53.6 Å². The van der Waals surface area contributed by atoms with Gasteiger partial charge in [-0.1, -0.05) is 30.3 Å². The standard InChI is InChI=1S/C20H19N3O2/c24-19-18-6-3-9-22(18)20(25)23(19)12-21-15-7-8-17-14(11-15)10-13-4-1-2-5-16(13)17/h1-2,4-5,7-8,11,18,21H,3,6,9-10,12H2. The zero-order chi connectivity index (χ0) is 17.0. The van der Waals surface area contributed by atoms with Crippen molar-refractivity contribution in [3.8, 4) is 11.1 Å². The minimum Gasteiger partial charge on any atom is -0.367 e. The van der Waals surface area contributed by atoms with E-state index in [4.69, 9.17) is 0 Å². The lowest BCUT2D eigenvalue weighted by molar-refractivity contribution is -0.127. The average Bonchev–Trinajstić information content (AvgIpc) is 3.30. The molecule has 1 aliphatic carbocycles. The van der Waals surface area contributed by atoms with E-state index in [2.05, 4.69) is 41.7 Å². The Labute approximate surface area is 146 Å². The fraction of sp³-hybridized carbons (Fsp3) is 0.300. The maximum absolute atomic E-state index is 12.4. The van der Waals surface area contributed by atoms with Crippen LogP contribution in [0, 0.1) is 0 Å². The summed E-state index contributed by atoms with van der Waals surface area (Å²) in [5.74, 6) is -0.0661. The topological polar surface area (TPSA) is 52.7 Å². The van der Waals surface area contributed by atoms with Crippen molar-refractivity contribution in [3.05, 3.63) is 53.6 Å². The van der Waals surface area contributed by atoms with Crippen molar-refractivity contribution in [1.82, 2.24) is 9.80 Å². The molecular weight excluding hydrogens is 314 g/mol. The van der Waals surface area contributed by atoms with Gasteiger partial charge in [-0.25, -0.2) is 9.69 Å². The van der Waals surface area contributed by atoms with Crippen LogP contribution >= 0.6 is 0 Å². The van der Waals surface area contributed by atoms with Gasteiger partial charge < -0.3 is 10.2 Å². The highest BCUT2D eigenvalue weighted by atomic mass is 16.2. The van der Waals surface area contributed by atoms with Gasteiger partial charge in [-0.3, -0.25) is 4.79 Å². The van der Waals surface area contributed by atoms with Crippen LogP contribution in [0.3, 0.4) is 0 Å². The normalized spacial score (nSPS) is 20.7. The third kappa shape index (κ3) is 2.15. The number of anilines is 1. The number of carbonyl (C=O) groups is 2. The van der Waals surface area contributed by atoms with E-state index in [1.165, 1.54) is 27.2 Å². The number of hydrogen-bond acceptors (Lipinski definition) is 3. The second-order valence-electron chi connectivity index (χ2n) is 6.94. The summed E-state index contributed by atoms with van der Waals surface area (Å²) in [7, 11) is 0. The molecule has 5 rings (SSSR count). The summed E-state index contributed by atoms with van der Waals surface area (Å²) in [6, 6.07) is 14.3. The van der Waals surface area contributed by atoms with E-state index in [1.807, 2.05) is 6.07 Å². The van der Waals surface area contributed by atoms with E-state index >= 15 is 0 Å². The van der Waals surface area contributed by atoms with Gasteiger partial charge in [0.25, 0.3) is 5.91 Å². The largest absolute Gasteiger partial charge is 0.367 e. The first-order valence-corrected chi connectivity index (χ1v) is 8.79. The Kier molecular flexibility index (Phi) is 3.10. The lowest BCUT2D eigenvalue weighted by atomic mass is 10.1. The van der Waals surface area contributed by atoms with Gasteiger partial charge in [0.15, 0.2) is 0 Å². The first-order chi connectivity index (χ1) is 12.2. The van der Waals surface area contributed by atoms with Crippen LogP contribution < -0.4 is 5.32 Å². The zero-order valence-corrected chi connectivity index (χ0v) is 13.9. The fourth-order valence-electron chi connectivity index (χ4n) is 4.25. The summed E-state index contributed by atoms with van der Waals surface area (Å²) < 4.78 is 0. The second kappa shape index (κ2) is 5.34. The average molecular weight is 333 g/mol. The Morgan fingerprint density at radius 2 is 1.88 bits per heavy atom. The van der Waals surface area contributed by atoms with Crippen molar-refractivity contribution in [2.45, 2.75) is 25.3 Å². The number of hydrogen-bond donors (Lipinski definition) is 1. The van der Waals surface area contributed by atoms with Crippen molar-refractivity contribution < 1.29 is 9.59 Å². The Hall–Kier alpha value is -2.82. The molecule has 0 radical (unpaired) electrons. The molecule has 1 N–H and O–H groups in total. The highest BCUT2D eigenvalue weighted by Gasteiger charge is 2.47. The molecule has 3 aliphatic rings. The maximum atomic E-state index is 12.4.